The van der Waals surface area contributed by atoms with E-state index in [1.54, 1.807) is 0 Å². The van der Waals surface area contributed by atoms with Gasteiger partial charge in [0.25, 0.3) is 0 Å². The predicted molar refractivity (Wildman–Crippen MR) is 78.5 cm³/mol. The first kappa shape index (κ1) is 16.1. The molecular formula is C15H33B. The van der Waals surface area contributed by atoms with Gasteiger partial charge >= 0.3 is 0 Å². The minimum Gasteiger partial charge on any atom is -0.0688 e. The van der Waals surface area contributed by atoms with Gasteiger partial charge in [-0.3, -0.25) is 0 Å². The summed E-state index contributed by atoms with van der Waals surface area (Å²) in [6.45, 7) is 22.5. The maximum Gasteiger partial charge on any atom is 0.149 e. The Kier molecular flexibility index (Phi) is 6.74. The lowest BCUT2D eigenvalue weighted by molar-refractivity contribution is 0.518. The lowest BCUT2D eigenvalue weighted by Crippen LogP contribution is -2.35. The van der Waals surface area contributed by atoms with Crippen LogP contribution in [0.4, 0.5) is 0 Å². The van der Waals surface area contributed by atoms with E-state index < -0.39 is 0 Å². The highest BCUT2D eigenvalue weighted by Gasteiger charge is 2.36. The zero-order valence-electron chi connectivity index (χ0n) is 13.0. The third kappa shape index (κ3) is 4.15. The minimum absolute atomic E-state index is 0.799. The molecule has 0 aliphatic carbocycles. The molecule has 16 heavy (non-hydrogen) atoms. The van der Waals surface area contributed by atoms with Crippen molar-refractivity contribution in [3.05, 3.63) is 0 Å². The summed E-state index contributed by atoms with van der Waals surface area (Å²) in [6, 6.07) is 0. The molecule has 0 aromatic carbocycles. The fourth-order valence-corrected chi connectivity index (χ4v) is 2.77. The van der Waals surface area contributed by atoms with Crippen LogP contribution < -0.4 is 0 Å². The Morgan fingerprint density at radius 3 is 0.750 bits per heavy atom. The Labute approximate surface area is 105 Å². The molecular weight excluding hydrogens is 191 g/mol. The monoisotopic (exact) mass is 224 g/mol. The standard InChI is InChI=1S/C15H33B/c1-10(2)13(7)16(14(8)11(3)4)15(9)12(5)6/h10-15H,1-9H3/t13-,14-,15-/m1/s1. The third-order valence-electron chi connectivity index (χ3n) is 4.98. The van der Waals surface area contributed by atoms with E-state index in [9.17, 15) is 0 Å². The molecule has 0 amide bonds. The van der Waals surface area contributed by atoms with E-state index in [0.29, 0.717) is 0 Å². The maximum atomic E-state index is 2.45. The minimum atomic E-state index is 0.799. The zero-order chi connectivity index (χ0) is 13.0. The molecule has 3 atom stereocenters. The summed E-state index contributed by atoms with van der Waals surface area (Å²) in [5, 5.41) is 0. The summed E-state index contributed by atoms with van der Waals surface area (Å²) >= 11 is 0. The summed E-state index contributed by atoms with van der Waals surface area (Å²) in [7, 11) is 0. The summed E-state index contributed by atoms with van der Waals surface area (Å²) in [5.41, 5.74) is 0. The van der Waals surface area contributed by atoms with Gasteiger partial charge in [0, 0.05) is 0 Å². The molecule has 0 rings (SSSR count). The van der Waals surface area contributed by atoms with Crippen LogP contribution in [0, 0.1) is 17.8 Å². The smallest absolute Gasteiger partial charge is 0.0688 e. The molecule has 0 saturated carbocycles. The Bertz CT molecular complexity index is 151. The lowest BCUT2D eigenvalue weighted by atomic mass is 9.25. The molecule has 0 heterocycles. The molecule has 0 bridgehead atoms. The quantitative estimate of drug-likeness (QED) is 0.513. The van der Waals surface area contributed by atoms with E-state index >= 15 is 0 Å². The number of rotatable bonds is 6. The Morgan fingerprint density at radius 2 is 0.625 bits per heavy atom. The highest BCUT2D eigenvalue weighted by atomic mass is 14.2. The highest BCUT2D eigenvalue weighted by molar-refractivity contribution is 6.63. The van der Waals surface area contributed by atoms with Gasteiger partial charge in [0.1, 0.15) is 6.71 Å². The van der Waals surface area contributed by atoms with Crippen molar-refractivity contribution < 1.29 is 0 Å². The van der Waals surface area contributed by atoms with Crippen molar-refractivity contribution in [2.24, 2.45) is 17.8 Å². The highest BCUT2D eigenvalue weighted by Crippen LogP contribution is 2.41. The first-order valence-corrected chi connectivity index (χ1v) is 7.20. The molecule has 0 radical (unpaired) electrons. The summed E-state index contributed by atoms with van der Waals surface area (Å²) in [5.74, 6) is 4.88. The second kappa shape index (κ2) is 6.72. The van der Waals surface area contributed by atoms with Gasteiger partial charge < -0.3 is 0 Å². The Morgan fingerprint density at radius 1 is 0.438 bits per heavy atom. The lowest BCUT2D eigenvalue weighted by Gasteiger charge is -2.37. The van der Waals surface area contributed by atoms with Crippen LogP contribution >= 0.6 is 0 Å². The third-order valence-corrected chi connectivity index (χ3v) is 4.98. The van der Waals surface area contributed by atoms with Crippen LogP contribution in [0.3, 0.4) is 0 Å². The van der Waals surface area contributed by atoms with Crippen molar-refractivity contribution in [3.8, 4) is 0 Å². The van der Waals surface area contributed by atoms with Crippen molar-refractivity contribution in [3.63, 3.8) is 0 Å². The van der Waals surface area contributed by atoms with Crippen LogP contribution in [0.5, 0.6) is 0 Å². The molecule has 0 aliphatic rings. The van der Waals surface area contributed by atoms with Gasteiger partial charge in [-0.15, -0.1) is 0 Å². The fourth-order valence-electron chi connectivity index (χ4n) is 2.77. The number of hydrogen-bond donors (Lipinski definition) is 0. The zero-order valence-corrected chi connectivity index (χ0v) is 13.0. The molecule has 0 spiro atoms. The Hall–Kier alpha value is 0.0649. The maximum absolute atomic E-state index is 2.45. The van der Waals surface area contributed by atoms with Crippen molar-refractivity contribution in [2.45, 2.75) is 79.8 Å². The van der Waals surface area contributed by atoms with Crippen molar-refractivity contribution in [1.82, 2.24) is 0 Å². The van der Waals surface area contributed by atoms with Crippen LogP contribution in [0.15, 0.2) is 0 Å². The number of hydrogen-bond acceptors (Lipinski definition) is 0. The van der Waals surface area contributed by atoms with Gasteiger partial charge in [0.05, 0.1) is 0 Å². The molecule has 0 aliphatic heterocycles. The van der Waals surface area contributed by atoms with E-state index in [1.807, 2.05) is 0 Å². The Balaban J connectivity index is 4.89. The molecule has 1 heteroatoms. The summed E-state index contributed by atoms with van der Waals surface area (Å²) in [4.78, 5) is 0. The predicted octanol–water partition coefficient (Wildman–Crippen LogP) is 5.62. The van der Waals surface area contributed by atoms with E-state index in [-0.39, 0.29) is 0 Å². The molecule has 96 valence electrons. The van der Waals surface area contributed by atoms with E-state index in [2.05, 4.69) is 62.3 Å². The first-order chi connectivity index (χ1) is 7.20. The summed E-state index contributed by atoms with van der Waals surface area (Å²) < 4.78 is 0. The van der Waals surface area contributed by atoms with Crippen LogP contribution in [-0.4, -0.2) is 6.71 Å². The molecule has 0 saturated heterocycles. The van der Waals surface area contributed by atoms with Gasteiger partial charge in [0.15, 0.2) is 0 Å². The second-order valence-electron chi connectivity index (χ2n) is 6.89. The van der Waals surface area contributed by atoms with Gasteiger partial charge in [-0.25, -0.2) is 0 Å². The van der Waals surface area contributed by atoms with Crippen LogP contribution in [-0.2, 0) is 0 Å². The first-order valence-electron chi connectivity index (χ1n) is 7.20. The summed E-state index contributed by atoms with van der Waals surface area (Å²) in [6.07, 6.45) is 0. The second-order valence-corrected chi connectivity index (χ2v) is 6.89. The van der Waals surface area contributed by atoms with Gasteiger partial charge in [-0.1, -0.05) is 97.5 Å². The fraction of sp³-hybridized carbons (Fsp3) is 1.00. The largest absolute Gasteiger partial charge is 0.149 e. The van der Waals surface area contributed by atoms with Gasteiger partial charge in [-0.2, -0.15) is 0 Å². The molecule has 0 unspecified atom stereocenters. The van der Waals surface area contributed by atoms with Crippen LogP contribution in [0.1, 0.15) is 62.3 Å². The van der Waals surface area contributed by atoms with Crippen LogP contribution in [0.25, 0.3) is 0 Å². The molecule has 0 fully saturated rings. The SMILES string of the molecule is CC(C)[C@@H](C)B([C@H](C)C(C)C)[C@H](C)C(C)C. The van der Waals surface area contributed by atoms with Gasteiger partial charge in [-0.05, 0) is 0 Å². The van der Waals surface area contributed by atoms with Crippen molar-refractivity contribution >= 4 is 6.71 Å². The molecule has 0 nitrogen and oxygen atoms in total. The molecule has 0 N–H and O–H groups in total. The van der Waals surface area contributed by atoms with Crippen molar-refractivity contribution in [2.75, 3.05) is 0 Å². The normalized spacial score (nSPS) is 18.0. The van der Waals surface area contributed by atoms with Crippen LogP contribution in [0.2, 0.25) is 17.5 Å². The topological polar surface area (TPSA) is 0 Å². The van der Waals surface area contributed by atoms with E-state index in [1.165, 1.54) is 0 Å². The van der Waals surface area contributed by atoms with Gasteiger partial charge in [0.2, 0.25) is 0 Å². The molecule has 0 aromatic rings. The average Bonchev–Trinajstić information content (AvgIpc) is 2.16. The van der Waals surface area contributed by atoms with E-state index in [4.69, 9.17) is 0 Å². The average molecular weight is 224 g/mol. The molecule has 0 aromatic heterocycles. The van der Waals surface area contributed by atoms with E-state index in [0.717, 1.165) is 41.9 Å². The van der Waals surface area contributed by atoms with Crippen molar-refractivity contribution in [1.29, 1.82) is 0 Å².